The molecule has 0 aliphatic heterocycles. The summed E-state index contributed by atoms with van der Waals surface area (Å²) < 4.78 is 34.8. The van der Waals surface area contributed by atoms with Crippen LogP contribution in [0, 0.1) is 5.82 Å². The lowest BCUT2D eigenvalue weighted by molar-refractivity contribution is 0.606. The molecule has 1 rings (SSSR count). The van der Waals surface area contributed by atoms with E-state index < -0.39 is 9.84 Å². The molecule has 0 radical (unpaired) electrons. The first kappa shape index (κ1) is 10.9. The van der Waals surface area contributed by atoms with E-state index in [9.17, 15) is 12.8 Å². The summed E-state index contributed by atoms with van der Waals surface area (Å²) in [6, 6.07) is 5.77. The molecule has 0 atom stereocenters. The predicted molar refractivity (Wildman–Crippen MR) is 54.9 cm³/mol. The molecule has 0 heterocycles. The Morgan fingerprint density at radius 1 is 1.43 bits per heavy atom. The maximum Gasteiger partial charge on any atom is 0.171 e. The second-order valence-electron chi connectivity index (χ2n) is 2.81. The fraction of sp³-hybridized carbons (Fsp3) is 0.200. The molecule has 1 aromatic carbocycles. The minimum absolute atomic E-state index is 0.0544. The van der Waals surface area contributed by atoms with Gasteiger partial charge in [-0.1, -0.05) is 19.1 Å². The molecule has 0 N–H and O–H groups in total. The van der Waals surface area contributed by atoms with Gasteiger partial charge in [0, 0.05) is 5.41 Å². The fourth-order valence-corrected chi connectivity index (χ4v) is 1.45. The first-order valence-corrected chi connectivity index (χ1v) is 5.91. The summed E-state index contributed by atoms with van der Waals surface area (Å²) in [6.07, 6.45) is 1.39. The highest BCUT2D eigenvalue weighted by molar-refractivity contribution is 7.94. The minimum atomic E-state index is -3.13. The largest absolute Gasteiger partial charge is 0.224 e. The van der Waals surface area contributed by atoms with Crippen LogP contribution < -0.4 is 0 Å². The number of sulfone groups is 1. The van der Waals surface area contributed by atoms with E-state index in [2.05, 4.69) is 0 Å². The van der Waals surface area contributed by atoms with Crippen LogP contribution >= 0.6 is 0 Å². The summed E-state index contributed by atoms with van der Waals surface area (Å²) >= 11 is 0. The van der Waals surface area contributed by atoms with E-state index in [0.717, 1.165) is 5.41 Å². The second-order valence-corrected chi connectivity index (χ2v) is 4.98. The van der Waals surface area contributed by atoms with Gasteiger partial charge >= 0.3 is 0 Å². The van der Waals surface area contributed by atoms with E-state index in [1.165, 1.54) is 24.3 Å². The van der Waals surface area contributed by atoms with E-state index in [1.54, 1.807) is 13.0 Å². The first-order valence-electron chi connectivity index (χ1n) is 4.20. The lowest BCUT2D eigenvalue weighted by Gasteiger charge is -1.93. The number of hydrogen-bond acceptors (Lipinski definition) is 2. The molecule has 0 spiro atoms. The minimum Gasteiger partial charge on any atom is -0.224 e. The first-order chi connectivity index (χ1) is 6.53. The molecule has 0 saturated heterocycles. The Kier molecular flexibility index (Phi) is 3.41. The highest BCUT2D eigenvalue weighted by Crippen LogP contribution is 2.06. The smallest absolute Gasteiger partial charge is 0.171 e. The van der Waals surface area contributed by atoms with Crippen molar-refractivity contribution in [3.63, 3.8) is 0 Å². The van der Waals surface area contributed by atoms with Crippen LogP contribution in [0.4, 0.5) is 4.39 Å². The van der Waals surface area contributed by atoms with Crippen molar-refractivity contribution >= 4 is 15.9 Å². The maximum absolute atomic E-state index is 12.7. The van der Waals surface area contributed by atoms with Gasteiger partial charge in [-0.25, -0.2) is 12.8 Å². The normalized spacial score (nSPS) is 12.1. The average Bonchev–Trinajstić information content (AvgIpc) is 2.15. The van der Waals surface area contributed by atoms with E-state index in [1.807, 2.05) is 0 Å². The molecule has 0 saturated carbocycles. The number of hydrogen-bond donors (Lipinski definition) is 0. The lowest BCUT2D eigenvalue weighted by atomic mass is 10.2. The summed E-state index contributed by atoms with van der Waals surface area (Å²) in [4.78, 5) is 0. The summed E-state index contributed by atoms with van der Waals surface area (Å²) in [5.41, 5.74) is 0.544. The molecule has 4 heteroatoms. The van der Waals surface area contributed by atoms with Crippen molar-refractivity contribution < 1.29 is 12.8 Å². The molecule has 76 valence electrons. The van der Waals surface area contributed by atoms with Crippen molar-refractivity contribution in [2.24, 2.45) is 0 Å². The third-order valence-corrected chi connectivity index (χ3v) is 3.07. The molecule has 0 aliphatic rings. The SMILES string of the molecule is CCS(=O)(=O)/C=C/c1cccc(F)c1. The highest BCUT2D eigenvalue weighted by atomic mass is 32.2. The molecule has 0 bridgehead atoms. The van der Waals surface area contributed by atoms with Crippen LogP contribution in [0.5, 0.6) is 0 Å². The quantitative estimate of drug-likeness (QED) is 0.773. The summed E-state index contributed by atoms with van der Waals surface area (Å²) in [5.74, 6) is -0.320. The van der Waals surface area contributed by atoms with Crippen molar-refractivity contribution in [2.75, 3.05) is 5.75 Å². The van der Waals surface area contributed by atoms with E-state index in [-0.39, 0.29) is 11.6 Å². The zero-order valence-electron chi connectivity index (χ0n) is 7.77. The second kappa shape index (κ2) is 4.37. The lowest BCUT2D eigenvalue weighted by Crippen LogP contribution is -1.96. The monoisotopic (exact) mass is 214 g/mol. The number of halogens is 1. The van der Waals surface area contributed by atoms with Crippen LogP contribution in [-0.4, -0.2) is 14.2 Å². The Bertz CT molecular complexity index is 435. The molecule has 0 fully saturated rings. The average molecular weight is 214 g/mol. The number of rotatable bonds is 3. The van der Waals surface area contributed by atoms with Gasteiger partial charge < -0.3 is 0 Å². The molecule has 0 aromatic heterocycles. The molecule has 0 unspecified atom stereocenters. The summed E-state index contributed by atoms with van der Waals surface area (Å²) in [6.45, 7) is 1.56. The van der Waals surface area contributed by atoms with Gasteiger partial charge in [0.25, 0.3) is 0 Å². The van der Waals surface area contributed by atoms with E-state index in [4.69, 9.17) is 0 Å². The molecular weight excluding hydrogens is 203 g/mol. The van der Waals surface area contributed by atoms with E-state index in [0.29, 0.717) is 5.56 Å². The zero-order chi connectivity index (χ0) is 10.6. The number of benzene rings is 1. The van der Waals surface area contributed by atoms with Crippen LogP contribution in [0.15, 0.2) is 29.7 Å². The van der Waals surface area contributed by atoms with E-state index >= 15 is 0 Å². The maximum atomic E-state index is 12.7. The highest BCUT2D eigenvalue weighted by Gasteiger charge is 2.00. The van der Waals surface area contributed by atoms with Crippen molar-refractivity contribution in [1.29, 1.82) is 0 Å². The summed E-state index contributed by atoms with van der Waals surface area (Å²) in [7, 11) is -3.13. The Balaban J connectivity index is 2.89. The topological polar surface area (TPSA) is 34.1 Å². The van der Waals surface area contributed by atoms with Crippen LogP contribution in [0.2, 0.25) is 0 Å². The third kappa shape index (κ3) is 3.30. The van der Waals surface area contributed by atoms with Crippen LogP contribution in [-0.2, 0) is 9.84 Å². The Labute approximate surface area is 83.0 Å². The molecular formula is C10H11FO2S. The Morgan fingerprint density at radius 3 is 2.71 bits per heavy atom. The van der Waals surface area contributed by atoms with Gasteiger partial charge in [-0.3, -0.25) is 0 Å². The molecule has 0 aliphatic carbocycles. The molecule has 14 heavy (non-hydrogen) atoms. The van der Waals surface area contributed by atoms with Crippen LogP contribution in [0.25, 0.3) is 6.08 Å². The molecule has 1 aromatic rings. The van der Waals surface area contributed by atoms with Gasteiger partial charge in [0.05, 0.1) is 5.75 Å². The van der Waals surface area contributed by atoms with Gasteiger partial charge in [-0.15, -0.1) is 0 Å². The molecule has 0 amide bonds. The van der Waals surface area contributed by atoms with Crippen molar-refractivity contribution in [3.8, 4) is 0 Å². The Hall–Kier alpha value is -1.16. The third-order valence-electron chi connectivity index (χ3n) is 1.72. The van der Waals surface area contributed by atoms with Crippen LogP contribution in [0.1, 0.15) is 12.5 Å². The summed E-state index contributed by atoms with van der Waals surface area (Å²) in [5, 5.41) is 1.10. The van der Waals surface area contributed by atoms with Gasteiger partial charge in [0.1, 0.15) is 5.82 Å². The van der Waals surface area contributed by atoms with Gasteiger partial charge in [-0.2, -0.15) is 0 Å². The van der Waals surface area contributed by atoms with Gasteiger partial charge in [0.15, 0.2) is 9.84 Å². The van der Waals surface area contributed by atoms with Gasteiger partial charge in [-0.05, 0) is 23.8 Å². The predicted octanol–water partition coefficient (Wildman–Crippen LogP) is 2.23. The van der Waals surface area contributed by atoms with Crippen LogP contribution in [0.3, 0.4) is 0 Å². The Morgan fingerprint density at radius 2 is 2.14 bits per heavy atom. The molecule has 2 nitrogen and oxygen atoms in total. The standard InChI is InChI=1S/C10H11FO2S/c1-2-14(12,13)7-6-9-4-3-5-10(11)8-9/h3-8H,2H2,1H3/b7-6+. The van der Waals surface area contributed by atoms with Crippen molar-refractivity contribution in [1.82, 2.24) is 0 Å². The van der Waals surface area contributed by atoms with Crippen molar-refractivity contribution in [2.45, 2.75) is 6.92 Å². The zero-order valence-corrected chi connectivity index (χ0v) is 8.59. The van der Waals surface area contributed by atoms with Gasteiger partial charge in [0.2, 0.25) is 0 Å². The fourth-order valence-electron chi connectivity index (χ4n) is 0.889. The van der Waals surface area contributed by atoms with Crippen molar-refractivity contribution in [3.05, 3.63) is 41.1 Å².